The Kier molecular flexibility index (Phi) is 3.97. The number of nitrogens with one attached hydrogen (secondary N) is 1. The Balaban J connectivity index is 1.64. The molecule has 3 rings (SSSR count). The lowest BCUT2D eigenvalue weighted by molar-refractivity contribution is 0.339. The highest BCUT2D eigenvalue weighted by Crippen LogP contribution is 2.29. The molecule has 0 amide bonds. The largest absolute Gasteiger partial charge is 0.494 e. The highest BCUT2D eigenvalue weighted by atomic mass is 16.5. The van der Waals surface area contributed by atoms with Crippen LogP contribution in [0.3, 0.4) is 0 Å². The van der Waals surface area contributed by atoms with Gasteiger partial charge in [-0.1, -0.05) is 18.2 Å². The first-order valence-corrected chi connectivity index (χ1v) is 7.25. The topological polar surface area (TPSA) is 34.1 Å². The third-order valence-corrected chi connectivity index (χ3v) is 3.72. The Hall–Kier alpha value is -1.87. The number of rotatable bonds is 5. The molecule has 0 bridgehead atoms. The van der Waals surface area contributed by atoms with Crippen LogP contribution >= 0.6 is 0 Å². The molecule has 1 N–H and O–H groups in total. The molecule has 3 heteroatoms. The normalized spacial score (nSPS) is 16.9. The quantitative estimate of drug-likeness (QED) is 0.903. The minimum Gasteiger partial charge on any atom is -0.494 e. The molecule has 1 aliphatic carbocycles. The van der Waals surface area contributed by atoms with E-state index in [1.54, 1.807) is 0 Å². The summed E-state index contributed by atoms with van der Waals surface area (Å²) in [6.07, 6.45) is 4.14. The summed E-state index contributed by atoms with van der Waals surface area (Å²) in [7, 11) is 0. The maximum absolute atomic E-state index is 5.53. The van der Waals surface area contributed by atoms with Crippen molar-refractivity contribution in [2.24, 2.45) is 0 Å². The van der Waals surface area contributed by atoms with Gasteiger partial charge in [0.05, 0.1) is 18.3 Å². The van der Waals surface area contributed by atoms with E-state index in [0.717, 1.165) is 25.1 Å². The molecule has 1 aliphatic rings. The van der Waals surface area contributed by atoms with Crippen LogP contribution in [0.5, 0.6) is 5.75 Å². The maximum Gasteiger partial charge on any atom is 0.119 e. The molecular formula is C17H20N2O. The van der Waals surface area contributed by atoms with Crippen LogP contribution < -0.4 is 10.1 Å². The van der Waals surface area contributed by atoms with E-state index in [-0.39, 0.29) is 0 Å². The number of pyridine rings is 1. The third-order valence-electron chi connectivity index (χ3n) is 3.72. The summed E-state index contributed by atoms with van der Waals surface area (Å²) in [6, 6.07) is 12.9. The molecule has 0 fully saturated rings. The van der Waals surface area contributed by atoms with Crippen LogP contribution in [-0.2, 0) is 13.0 Å². The molecular weight excluding hydrogens is 248 g/mol. The van der Waals surface area contributed by atoms with Crippen molar-refractivity contribution in [3.63, 3.8) is 0 Å². The van der Waals surface area contributed by atoms with Crippen LogP contribution in [0, 0.1) is 0 Å². The third kappa shape index (κ3) is 2.83. The zero-order chi connectivity index (χ0) is 13.8. The molecule has 0 radical (unpaired) electrons. The van der Waals surface area contributed by atoms with Gasteiger partial charge in [0, 0.05) is 12.7 Å². The van der Waals surface area contributed by atoms with Crippen LogP contribution in [0.4, 0.5) is 0 Å². The fraction of sp³-hybridized carbons (Fsp3) is 0.353. The number of benzene rings is 1. The van der Waals surface area contributed by atoms with Gasteiger partial charge >= 0.3 is 0 Å². The molecule has 1 atom stereocenters. The van der Waals surface area contributed by atoms with Crippen molar-refractivity contribution in [2.75, 3.05) is 6.61 Å². The van der Waals surface area contributed by atoms with E-state index in [4.69, 9.17) is 4.74 Å². The van der Waals surface area contributed by atoms with Crippen LogP contribution in [0.2, 0.25) is 0 Å². The van der Waals surface area contributed by atoms with Crippen LogP contribution in [0.25, 0.3) is 0 Å². The van der Waals surface area contributed by atoms with Gasteiger partial charge in [-0.05, 0) is 49.1 Å². The first kappa shape index (κ1) is 13.1. The van der Waals surface area contributed by atoms with E-state index in [2.05, 4.69) is 28.5 Å². The fourth-order valence-electron chi connectivity index (χ4n) is 2.76. The van der Waals surface area contributed by atoms with Crippen LogP contribution in [0.15, 0.2) is 42.6 Å². The van der Waals surface area contributed by atoms with Crippen molar-refractivity contribution in [1.29, 1.82) is 0 Å². The zero-order valence-electron chi connectivity index (χ0n) is 11.8. The van der Waals surface area contributed by atoms with Crippen molar-refractivity contribution in [3.8, 4) is 5.75 Å². The molecule has 2 aromatic rings. The monoisotopic (exact) mass is 268 g/mol. The summed E-state index contributed by atoms with van der Waals surface area (Å²) >= 11 is 0. The summed E-state index contributed by atoms with van der Waals surface area (Å²) in [5.74, 6) is 0.941. The molecule has 0 spiro atoms. The molecule has 20 heavy (non-hydrogen) atoms. The Bertz CT molecular complexity index is 583. The Morgan fingerprint density at radius 3 is 3.15 bits per heavy atom. The number of fused-ring (bicyclic) bond motifs is 1. The Labute approximate surface area is 120 Å². The van der Waals surface area contributed by atoms with Crippen molar-refractivity contribution >= 4 is 0 Å². The molecule has 104 valence electrons. The van der Waals surface area contributed by atoms with E-state index >= 15 is 0 Å². The highest BCUT2D eigenvalue weighted by Gasteiger charge is 2.22. The van der Waals surface area contributed by atoms with Gasteiger partial charge in [0.2, 0.25) is 0 Å². The second kappa shape index (κ2) is 6.06. The first-order chi connectivity index (χ1) is 9.86. The highest BCUT2D eigenvalue weighted by molar-refractivity contribution is 5.30. The van der Waals surface area contributed by atoms with Gasteiger partial charge in [-0.2, -0.15) is 0 Å². The summed E-state index contributed by atoms with van der Waals surface area (Å²) in [5, 5.41) is 3.61. The average molecular weight is 268 g/mol. The summed E-state index contributed by atoms with van der Waals surface area (Å²) in [4.78, 5) is 4.51. The van der Waals surface area contributed by atoms with Crippen molar-refractivity contribution in [1.82, 2.24) is 10.3 Å². The summed E-state index contributed by atoms with van der Waals surface area (Å²) in [5.41, 5.74) is 3.85. The van der Waals surface area contributed by atoms with E-state index in [9.17, 15) is 0 Å². The van der Waals surface area contributed by atoms with Crippen LogP contribution in [0.1, 0.15) is 36.2 Å². The smallest absolute Gasteiger partial charge is 0.119 e. The standard InChI is InChI=1S/C17H20N2O/c1-2-20-15-7-3-5-13(11-15)12-19-16-9-8-14-6-4-10-18-17(14)16/h3-7,10-11,16,19H,2,8-9,12H2,1H3. The first-order valence-electron chi connectivity index (χ1n) is 7.25. The maximum atomic E-state index is 5.53. The molecule has 1 unspecified atom stereocenters. The SMILES string of the molecule is CCOc1cccc(CNC2CCc3cccnc32)c1. The number of aromatic nitrogens is 1. The van der Waals surface area contributed by atoms with Crippen molar-refractivity contribution in [2.45, 2.75) is 32.4 Å². The molecule has 1 aromatic carbocycles. The predicted octanol–water partition coefficient (Wildman–Crippen LogP) is 3.26. The van der Waals surface area contributed by atoms with E-state index < -0.39 is 0 Å². The average Bonchev–Trinajstić information content (AvgIpc) is 2.89. The van der Waals surface area contributed by atoms with Gasteiger partial charge in [-0.3, -0.25) is 4.98 Å². The van der Waals surface area contributed by atoms with Gasteiger partial charge in [-0.15, -0.1) is 0 Å². The molecule has 0 saturated carbocycles. The molecule has 0 saturated heterocycles. The lowest BCUT2D eigenvalue weighted by Crippen LogP contribution is -2.19. The van der Waals surface area contributed by atoms with Gasteiger partial charge < -0.3 is 10.1 Å². The number of hydrogen-bond donors (Lipinski definition) is 1. The number of hydrogen-bond acceptors (Lipinski definition) is 3. The van der Waals surface area contributed by atoms with E-state index in [0.29, 0.717) is 12.6 Å². The van der Waals surface area contributed by atoms with Crippen LogP contribution in [-0.4, -0.2) is 11.6 Å². The van der Waals surface area contributed by atoms with Crippen molar-refractivity contribution in [3.05, 3.63) is 59.4 Å². The van der Waals surface area contributed by atoms with Gasteiger partial charge in [-0.25, -0.2) is 0 Å². The van der Waals surface area contributed by atoms with E-state index in [1.807, 2.05) is 31.3 Å². The number of ether oxygens (including phenoxy) is 1. The molecule has 0 aliphatic heterocycles. The predicted molar refractivity (Wildman–Crippen MR) is 79.7 cm³/mol. The summed E-state index contributed by atoms with van der Waals surface area (Å²) < 4.78 is 5.53. The van der Waals surface area contributed by atoms with Gasteiger partial charge in [0.25, 0.3) is 0 Å². The molecule has 3 nitrogen and oxygen atoms in total. The second-order valence-electron chi connectivity index (χ2n) is 5.10. The molecule has 1 aromatic heterocycles. The lowest BCUT2D eigenvalue weighted by atomic mass is 10.1. The van der Waals surface area contributed by atoms with Gasteiger partial charge in [0.15, 0.2) is 0 Å². The van der Waals surface area contributed by atoms with Crippen molar-refractivity contribution < 1.29 is 4.74 Å². The van der Waals surface area contributed by atoms with E-state index in [1.165, 1.54) is 16.8 Å². The van der Waals surface area contributed by atoms with Gasteiger partial charge in [0.1, 0.15) is 5.75 Å². The Morgan fingerprint density at radius 1 is 1.30 bits per heavy atom. The number of nitrogens with zero attached hydrogens (tertiary/aromatic N) is 1. The summed E-state index contributed by atoms with van der Waals surface area (Å²) in [6.45, 7) is 3.56. The molecule has 1 heterocycles. The second-order valence-corrected chi connectivity index (χ2v) is 5.10. The fourth-order valence-corrected chi connectivity index (χ4v) is 2.76. The Morgan fingerprint density at radius 2 is 2.25 bits per heavy atom. The lowest BCUT2D eigenvalue weighted by Gasteiger charge is -2.13. The minimum atomic E-state index is 0.377. The number of aryl methyl sites for hydroxylation is 1. The zero-order valence-corrected chi connectivity index (χ0v) is 11.8. The minimum absolute atomic E-state index is 0.377.